The predicted molar refractivity (Wildman–Crippen MR) is 171 cm³/mol. The van der Waals surface area contributed by atoms with Crippen LogP contribution in [0.1, 0.15) is 135 Å². The van der Waals surface area contributed by atoms with Crippen LogP contribution in [0.15, 0.2) is 18.5 Å². The Labute approximate surface area is 255 Å². The Hall–Kier alpha value is -1.82. The van der Waals surface area contributed by atoms with Gasteiger partial charge in [0.1, 0.15) is 17.9 Å². The molecule has 2 aromatic rings. The average molecular weight is 606 g/mol. The highest BCUT2D eigenvalue weighted by Gasteiger charge is 2.32. The van der Waals surface area contributed by atoms with Crippen molar-refractivity contribution in [2.24, 2.45) is 0 Å². The molecule has 0 saturated carbocycles. The molecule has 0 aliphatic rings. The molecule has 9 nitrogen and oxygen atoms in total. The number of rotatable bonds is 27. The molecule has 2 heterocycles. The van der Waals surface area contributed by atoms with Crippen molar-refractivity contribution in [1.29, 1.82) is 5.26 Å². The maximum atomic E-state index is 10.2. The van der Waals surface area contributed by atoms with Gasteiger partial charge in [-0.25, -0.2) is 9.50 Å². The zero-order chi connectivity index (χ0) is 30.3. The van der Waals surface area contributed by atoms with E-state index in [4.69, 9.17) is 19.5 Å². The van der Waals surface area contributed by atoms with Gasteiger partial charge >= 0.3 is 8.60 Å². The second kappa shape index (κ2) is 22.7. The van der Waals surface area contributed by atoms with Crippen molar-refractivity contribution < 1.29 is 18.7 Å². The number of nitrogen functional groups attached to an aromatic ring is 1. The zero-order valence-corrected chi connectivity index (χ0v) is 27.2. The normalized spacial score (nSPS) is 13.8. The molecular formula is C32H56N5O4P. The first-order valence-corrected chi connectivity index (χ1v) is 17.5. The Morgan fingerprint density at radius 3 is 1.95 bits per heavy atom. The molecule has 0 bridgehead atoms. The number of methoxy groups -OCH3 is 1. The molecule has 0 radical (unpaired) electrons. The summed E-state index contributed by atoms with van der Waals surface area (Å²) in [7, 11) is -0.590. The van der Waals surface area contributed by atoms with Gasteiger partial charge in [0.25, 0.3) is 0 Å². The minimum Gasteiger partial charge on any atom is -0.382 e. The summed E-state index contributed by atoms with van der Waals surface area (Å²) in [6, 6.07) is 5.95. The molecule has 10 heteroatoms. The van der Waals surface area contributed by atoms with Crippen LogP contribution >= 0.6 is 8.60 Å². The summed E-state index contributed by atoms with van der Waals surface area (Å²) in [4.78, 5) is 14.2. The predicted octanol–water partition coefficient (Wildman–Crippen LogP) is 8.45. The molecule has 2 atom stereocenters. The van der Waals surface area contributed by atoms with Crippen LogP contribution in [0.5, 0.6) is 0 Å². The topological polar surface area (TPSA) is 128 Å². The van der Waals surface area contributed by atoms with Crippen LogP contribution in [0.2, 0.25) is 0 Å². The Morgan fingerprint density at radius 1 is 0.881 bits per heavy atom. The van der Waals surface area contributed by atoms with Gasteiger partial charge in [-0.1, -0.05) is 116 Å². The zero-order valence-electron chi connectivity index (χ0n) is 26.3. The number of hydrogen-bond acceptors (Lipinski definition) is 8. The first-order chi connectivity index (χ1) is 20.5. The molecular weight excluding hydrogens is 549 g/mol. The molecule has 0 aromatic carbocycles. The lowest BCUT2D eigenvalue weighted by molar-refractivity contribution is -0.0108. The van der Waals surface area contributed by atoms with E-state index >= 15 is 0 Å². The number of aromatic nitrogens is 3. The van der Waals surface area contributed by atoms with Gasteiger partial charge in [0.2, 0.25) is 0 Å². The fraction of sp³-hybridized carbons (Fsp3) is 0.781. The maximum Gasteiger partial charge on any atom is 0.329 e. The van der Waals surface area contributed by atoms with Crippen molar-refractivity contribution >= 4 is 19.9 Å². The van der Waals surface area contributed by atoms with Gasteiger partial charge in [-0.05, 0) is 31.4 Å². The monoisotopic (exact) mass is 605 g/mol. The van der Waals surface area contributed by atoms with Crippen molar-refractivity contribution in [3.8, 4) is 6.07 Å². The molecule has 2 rings (SSSR count). The Kier molecular flexibility index (Phi) is 19.6. The molecule has 0 aliphatic heterocycles. The van der Waals surface area contributed by atoms with Gasteiger partial charge in [-0.15, -0.1) is 0 Å². The van der Waals surface area contributed by atoms with E-state index in [0.717, 1.165) is 24.1 Å². The fourth-order valence-corrected chi connectivity index (χ4v) is 5.92. The lowest BCUT2D eigenvalue weighted by atomic mass is 9.99. The molecule has 42 heavy (non-hydrogen) atoms. The average Bonchev–Trinajstić information content (AvgIpc) is 3.43. The fourth-order valence-electron chi connectivity index (χ4n) is 5.24. The smallest absolute Gasteiger partial charge is 0.329 e. The number of fused-ring (bicyclic) bond motifs is 1. The highest BCUT2D eigenvalue weighted by molar-refractivity contribution is 7.40. The Bertz CT molecular complexity index is 1000. The molecule has 0 saturated heterocycles. The van der Waals surface area contributed by atoms with Crippen molar-refractivity contribution in [3.05, 3.63) is 24.2 Å². The van der Waals surface area contributed by atoms with E-state index in [0.29, 0.717) is 25.3 Å². The number of anilines is 1. The molecule has 0 spiro atoms. The molecule has 0 aliphatic carbocycles. The summed E-state index contributed by atoms with van der Waals surface area (Å²) < 4.78 is 18.2. The van der Waals surface area contributed by atoms with E-state index in [2.05, 4.69) is 23.1 Å². The number of hydrogen-bond donors (Lipinski definition) is 2. The summed E-state index contributed by atoms with van der Waals surface area (Å²) in [5.74, 6) is 0.399. The number of nitrogens with two attached hydrogens (primary N) is 1. The van der Waals surface area contributed by atoms with Crippen LogP contribution in [0.4, 0.5) is 5.82 Å². The summed E-state index contributed by atoms with van der Waals surface area (Å²) in [6.45, 7) is 2.65. The van der Waals surface area contributed by atoms with Crippen molar-refractivity contribution in [3.63, 3.8) is 0 Å². The van der Waals surface area contributed by atoms with Crippen molar-refractivity contribution in [2.75, 3.05) is 26.1 Å². The second-order valence-corrected chi connectivity index (χ2v) is 12.4. The minimum absolute atomic E-state index is 0.0816. The lowest BCUT2D eigenvalue weighted by Crippen LogP contribution is -2.35. The third-order valence-corrected chi connectivity index (χ3v) is 8.80. The minimum atomic E-state index is -2.06. The molecule has 2 unspecified atom stereocenters. The summed E-state index contributed by atoms with van der Waals surface area (Å²) in [6.07, 6.45) is 26.2. The van der Waals surface area contributed by atoms with Gasteiger partial charge in [0, 0.05) is 12.8 Å². The van der Waals surface area contributed by atoms with Gasteiger partial charge in [-0.3, -0.25) is 0 Å². The third-order valence-electron chi connectivity index (χ3n) is 8.05. The van der Waals surface area contributed by atoms with E-state index in [9.17, 15) is 10.2 Å². The molecule has 0 fully saturated rings. The lowest BCUT2D eigenvalue weighted by Gasteiger charge is -2.25. The number of unbranched alkanes of at least 4 members (excludes halogenated alkanes) is 17. The van der Waals surface area contributed by atoms with E-state index in [-0.39, 0.29) is 6.61 Å². The van der Waals surface area contributed by atoms with Crippen LogP contribution in [0.3, 0.4) is 0 Å². The van der Waals surface area contributed by atoms with Crippen LogP contribution in [-0.4, -0.2) is 45.4 Å². The Morgan fingerprint density at radius 2 is 1.43 bits per heavy atom. The molecule has 238 valence electrons. The van der Waals surface area contributed by atoms with Gasteiger partial charge in [0.15, 0.2) is 11.4 Å². The van der Waals surface area contributed by atoms with E-state index in [1.54, 1.807) is 4.52 Å². The van der Waals surface area contributed by atoms with Crippen LogP contribution < -0.4 is 5.73 Å². The first-order valence-electron chi connectivity index (χ1n) is 16.3. The SMILES string of the molecule is CCCCCCCCCCCCCCCCCCCCOP(O)OCC(C#N)(CCc1ccc2c(N)ncnn12)OC. The maximum absolute atomic E-state index is 10.2. The largest absolute Gasteiger partial charge is 0.382 e. The summed E-state index contributed by atoms with van der Waals surface area (Å²) in [5.41, 5.74) is 6.30. The van der Waals surface area contributed by atoms with Gasteiger partial charge < -0.3 is 24.4 Å². The second-order valence-electron chi connectivity index (χ2n) is 11.4. The highest BCUT2D eigenvalue weighted by Crippen LogP contribution is 2.35. The van der Waals surface area contributed by atoms with Gasteiger partial charge in [-0.2, -0.15) is 10.4 Å². The molecule has 3 N–H and O–H groups in total. The standard InChI is InChI=1S/C32H56N5O4P/c1-3-4-5-6-7-8-9-10-11-12-13-14-15-16-17-18-19-20-25-40-42(38)41-27-32(26-33,39-2)24-23-29-21-22-30-31(34)35-28-36-37(29)30/h21-22,28,38H,3-20,23-25,27H2,1-2H3,(H2,34,35,36). The molecule has 0 amide bonds. The van der Waals surface area contributed by atoms with E-state index in [1.807, 2.05) is 12.1 Å². The molecule has 2 aromatic heterocycles. The Balaban J connectivity index is 1.44. The van der Waals surface area contributed by atoms with Crippen LogP contribution in [0.25, 0.3) is 5.52 Å². The van der Waals surface area contributed by atoms with Crippen molar-refractivity contribution in [1.82, 2.24) is 14.6 Å². The first kappa shape index (κ1) is 36.4. The number of nitriles is 1. The van der Waals surface area contributed by atoms with Gasteiger partial charge in [0.05, 0.1) is 13.2 Å². The van der Waals surface area contributed by atoms with Crippen LogP contribution in [0, 0.1) is 11.3 Å². The number of ether oxygens (including phenoxy) is 1. The van der Waals surface area contributed by atoms with E-state index in [1.165, 1.54) is 116 Å². The summed E-state index contributed by atoms with van der Waals surface area (Å²) >= 11 is 0. The highest BCUT2D eigenvalue weighted by atomic mass is 31.2. The summed E-state index contributed by atoms with van der Waals surface area (Å²) in [5, 5.41) is 14.0. The third kappa shape index (κ3) is 14.6. The van der Waals surface area contributed by atoms with Crippen molar-refractivity contribution in [2.45, 2.75) is 141 Å². The number of aryl methyl sites for hydroxylation is 1. The number of nitrogens with zero attached hydrogens (tertiary/aromatic N) is 4. The van der Waals surface area contributed by atoms with E-state index < -0.39 is 14.2 Å². The van der Waals surface area contributed by atoms with Crippen LogP contribution in [-0.2, 0) is 20.2 Å². The quantitative estimate of drug-likeness (QED) is 0.0767.